The Kier molecular flexibility index (Phi) is 4.24. The van der Waals surface area contributed by atoms with Crippen molar-refractivity contribution in [3.8, 4) is 0 Å². The summed E-state index contributed by atoms with van der Waals surface area (Å²) in [7, 11) is 0. The summed E-state index contributed by atoms with van der Waals surface area (Å²) in [6.45, 7) is 13.0. The first-order valence-electron chi connectivity index (χ1n) is 5.95. The number of piperidine rings is 2. The van der Waals surface area contributed by atoms with Crippen molar-refractivity contribution in [2.24, 2.45) is 17.8 Å². The molecule has 2 unspecified atom stereocenters. The van der Waals surface area contributed by atoms with Crippen molar-refractivity contribution < 1.29 is 0 Å². The number of rotatable bonds is 1. The highest BCUT2D eigenvalue weighted by Gasteiger charge is 2.42. The van der Waals surface area contributed by atoms with Gasteiger partial charge in [0.1, 0.15) is 0 Å². The molecule has 2 heterocycles. The molecule has 0 spiro atoms. The lowest BCUT2D eigenvalue weighted by Gasteiger charge is -2.52. The predicted molar refractivity (Wildman–Crippen MR) is 58.8 cm³/mol. The lowest BCUT2D eigenvalue weighted by atomic mass is 9.62. The van der Waals surface area contributed by atoms with E-state index in [9.17, 15) is 0 Å². The zero-order valence-corrected chi connectivity index (χ0v) is 9.71. The molecule has 3 rings (SSSR count). The van der Waals surface area contributed by atoms with Crippen LogP contribution < -0.4 is 0 Å². The lowest BCUT2D eigenvalue weighted by Crippen LogP contribution is -2.53. The minimum absolute atomic E-state index is 1.04. The second-order valence-electron chi connectivity index (χ2n) is 4.67. The number of hydrogen-bond acceptors (Lipinski definition) is 1. The van der Waals surface area contributed by atoms with Crippen LogP contribution in [0.25, 0.3) is 0 Å². The summed E-state index contributed by atoms with van der Waals surface area (Å²) in [5.74, 6) is 3.15. The van der Waals surface area contributed by atoms with Crippen molar-refractivity contribution >= 4 is 0 Å². The third-order valence-electron chi connectivity index (χ3n) is 3.53. The summed E-state index contributed by atoms with van der Waals surface area (Å²) < 4.78 is 0. The highest BCUT2D eigenvalue weighted by Crippen LogP contribution is 2.44. The highest BCUT2D eigenvalue weighted by molar-refractivity contribution is 4.94. The third kappa shape index (κ3) is 2.46. The molecule has 2 atom stereocenters. The van der Waals surface area contributed by atoms with Gasteiger partial charge in [-0.05, 0) is 30.7 Å². The van der Waals surface area contributed by atoms with Crippen molar-refractivity contribution in [3.05, 3.63) is 0 Å². The number of fused-ring (bicyclic) bond motifs is 2. The van der Waals surface area contributed by atoms with Gasteiger partial charge in [0.05, 0.1) is 0 Å². The van der Waals surface area contributed by atoms with Crippen molar-refractivity contribution in [1.29, 1.82) is 0 Å². The maximum Gasteiger partial charge on any atom is 0.00124 e. The zero-order chi connectivity index (χ0) is 9.84. The van der Waals surface area contributed by atoms with Crippen LogP contribution in [0.2, 0.25) is 0 Å². The molecule has 1 nitrogen and oxygen atoms in total. The van der Waals surface area contributed by atoms with Gasteiger partial charge in [-0.1, -0.05) is 34.1 Å². The zero-order valence-electron chi connectivity index (χ0n) is 9.71. The average Bonchev–Trinajstić information content (AvgIpc) is 2.18. The van der Waals surface area contributed by atoms with Crippen LogP contribution in [0.1, 0.15) is 40.5 Å². The van der Waals surface area contributed by atoms with E-state index in [1.807, 2.05) is 0 Å². The van der Waals surface area contributed by atoms with Crippen LogP contribution in [0.15, 0.2) is 0 Å². The Balaban J connectivity index is 0.000000251. The monoisotopic (exact) mass is 183 g/mol. The summed E-state index contributed by atoms with van der Waals surface area (Å²) in [5, 5.41) is 0. The number of nitrogens with zero attached hydrogens (tertiary/aromatic N) is 1. The van der Waals surface area contributed by atoms with Crippen molar-refractivity contribution in [1.82, 2.24) is 4.90 Å². The Hall–Kier alpha value is -0.0400. The molecule has 3 aliphatic rings. The molecule has 3 fully saturated rings. The molecular weight excluding hydrogens is 158 g/mol. The second kappa shape index (κ2) is 4.99. The van der Waals surface area contributed by atoms with Crippen LogP contribution >= 0.6 is 0 Å². The van der Waals surface area contributed by atoms with E-state index in [-0.39, 0.29) is 0 Å². The van der Waals surface area contributed by atoms with Gasteiger partial charge in [0.2, 0.25) is 0 Å². The van der Waals surface area contributed by atoms with Crippen molar-refractivity contribution in [3.63, 3.8) is 0 Å². The highest BCUT2D eigenvalue weighted by atomic mass is 15.1. The first-order valence-corrected chi connectivity index (χ1v) is 5.95. The van der Waals surface area contributed by atoms with E-state index in [0.29, 0.717) is 0 Å². The van der Waals surface area contributed by atoms with Crippen molar-refractivity contribution in [2.45, 2.75) is 40.5 Å². The Morgan fingerprint density at radius 1 is 1.08 bits per heavy atom. The molecule has 78 valence electrons. The fourth-order valence-corrected chi connectivity index (χ4v) is 2.48. The predicted octanol–water partition coefficient (Wildman–Crippen LogP) is 3.01. The lowest BCUT2D eigenvalue weighted by molar-refractivity contribution is -0.0306. The third-order valence-corrected chi connectivity index (χ3v) is 3.53. The second-order valence-corrected chi connectivity index (χ2v) is 4.67. The molecule has 2 saturated heterocycles. The van der Waals surface area contributed by atoms with Gasteiger partial charge in [0, 0.05) is 13.1 Å². The SMILES string of the molecule is CCC.CCN1CC2CC(C1)C2C. The minimum atomic E-state index is 1.04. The molecule has 0 amide bonds. The van der Waals surface area contributed by atoms with Crippen LogP contribution in [0, 0.1) is 17.8 Å². The van der Waals surface area contributed by atoms with Gasteiger partial charge in [-0.25, -0.2) is 0 Å². The largest absolute Gasteiger partial charge is 0.303 e. The van der Waals surface area contributed by atoms with E-state index in [1.54, 1.807) is 0 Å². The molecule has 1 aliphatic carbocycles. The van der Waals surface area contributed by atoms with E-state index in [1.165, 1.54) is 32.5 Å². The topological polar surface area (TPSA) is 3.24 Å². The summed E-state index contributed by atoms with van der Waals surface area (Å²) in [6.07, 6.45) is 2.78. The van der Waals surface area contributed by atoms with E-state index in [2.05, 4.69) is 32.6 Å². The first kappa shape index (κ1) is 11.0. The Bertz CT molecular complexity index is 132. The fraction of sp³-hybridized carbons (Fsp3) is 1.00. The van der Waals surface area contributed by atoms with Gasteiger partial charge in [0.25, 0.3) is 0 Å². The summed E-state index contributed by atoms with van der Waals surface area (Å²) in [5.41, 5.74) is 0. The molecule has 2 bridgehead atoms. The fourth-order valence-electron chi connectivity index (χ4n) is 2.48. The Morgan fingerprint density at radius 2 is 1.54 bits per heavy atom. The summed E-state index contributed by atoms with van der Waals surface area (Å²) in [4.78, 5) is 2.60. The van der Waals surface area contributed by atoms with Crippen LogP contribution in [0.3, 0.4) is 0 Å². The average molecular weight is 183 g/mol. The van der Waals surface area contributed by atoms with E-state index in [4.69, 9.17) is 0 Å². The van der Waals surface area contributed by atoms with Crippen LogP contribution in [0.4, 0.5) is 0 Å². The standard InChI is InChI=1S/C9H17N.C3H8/c1-3-10-5-8-4-9(6-10)7(8)2;1-3-2/h7-9H,3-6H2,1-2H3;3H2,1-2H3. The van der Waals surface area contributed by atoms with Gasteiger partial charge >= 0.3 is 0 Å². The summed E-state index contributed by atoms with van der Waals surface area (Å²) >= 11 is 0. The molecular formula is C12H25N. The Labute approximate surface area is 83.5 Å². The minimum Gasteiger partial charge on any atom is -0.303 e. The van der Waals surface area contributed by atoms with E-state index >= 15 is 0 Å². The summed E-state index contributed by atoms with van der Waals surface area (Å²) in [6, 6.07) is 0. The van der Waals surface area contributed by atoms with E-state index in [0.717, 1.165) is 17.8 Å². The van der Waals surface area contributed by atoms with Gasteiger partial charge in [-0.15, -0.1) is 0 Å². The smallest absolute Gasteiger partial charge is 0.00124 e. The molecule has 1 heteroatoms. The van der Waals surface area contributed by atoms with Gasteiger partial charge in [-0.3, -0.25) is 0 Å². The normalized spacial score (nSPS) is 37.4. The quantitative estimate of drug-likeness (QED) is 0.604. The molecule has 1 saturated carbocycles. The molecule has 13 heavy (non-hydrogen) atoms. The van der Waals surface area contributed by atoms with E-state index < -0.39 is 0 Å². The van der Waals surface area contributed by atoms with Crippen LogP contribution in [-0.4, -0.2) is 24.5 Å². The van der Waals surface area contributed by atoms with Gasteiger partial charge < -0.3 is 4.90 Å². The Morgan fingerprint density at radius 3 is 1.85 bits per heavy atom. The number of hydrogen-bond donors (Lipinski definition) is 0. The first-order chi connectivity index (χ1) is 6.22. The maximum absolute atomic E-state index is 2.60. The van der Waals surface area contributed by atoms with Gasteiger partial charge in [0.15, 0.2) is 0 Å². The molecule has 0 aromatic heterocycles. The molecule has 0 aromatic rings. The van der Waals surface area contributed by atoms with Crippen molar-refractivity contribution in [2.75, 3.05) is 19.6 Å². The van der Waals surface area contributed by atoms with Crippen LogP contribution in [0.5, 0.6) is 0 Å². The maximum atomic E-state index is 2.60. The van der Waals surface area contributed by atoms with Gasteiger partial charge in [-0.2, -0.15) is 0 Å². The molecule has 0 N–H and O–H groups in total. The molecule has 0 radical (unpaired) electrons. The van der Waals surface area contributed by atoms with Crippen LogP contribution in [-0.2, 0) is 0 Å². The molecule has 0 aromatic carbocycles. The molecule has 2 aliphatic heterocycles.